The fraction of sp³-hybridized carbons (Fsp3) is 0.455. The van der Waals surface area contributed by atoms with Crippen LogP contribution in [0.1, 0.15) is 41.7 Å². The molecule has 0 aliphatic carbocycles. The average molecular weight is 403 g/mol. The Kier molecular flexibility index (Phi) is 7.33. The maximum atomic E-state index is 10.4. The molecule has 7 nitrogen and oxygen atoms in total. The van der Waals surface area contributed by atoms with Crippen LogP contribution in [0, 0.1) is 0 Å². The highest BCUT2D eigenvalue weighted by atomic mass is 16.5. The summed E-state index contributed by atoms with van der Waals surface area (Å²) in [5, 5.41) is 32.6. The van der Waals surface area contributed by atoms with Crippen molar-refractivity contribution in [3.05, 3.63) is 53.1 Å². The van der Waals surface area contributed by atoms with Gasteiger partial charge in [-0.25, -0.2) is 0 Å². The summed E-state index contributed by atoms with van der Waals surface area (Å²) in [6.45, 7) is 0.699. The first-order valence-corrected chi connectivity index (χ1v) is 9.74. The molecule has 4 N–H and O–H groups in total. The third-order valence-corrected chi connectivity index (χ3v) is 5.26. The molecule has 1 aliphatic heterocycles. The van der Waals surface area contributed by atoms with E-state index in [2.05, 4.69) is 5.32 Å². The molecule has 3 rings (SSSR count). The molecule has 0 radical (unpaired) electrons. The Morgan fingerprint density at radius 1 is 1.14 bits per heavy atom. The van der Waals surface area contributed by atoms with Crippen LogP contribution in [-0.4, -0.2) is 48.7 Å². The van der Waals surface area contributed by atoms with Crippen LogP contribution in [0.4, 0.5) is 0 Å². The van der Waals surface area contributed by atoms with E-state index in [-0.39, 0.29) is 24.6 Å². The van der Waals surface area contributed by atoms with Gasteiger partial charge in [-0.2, -0.15) is 0 Å². The SMILES string of the molecule is COc1ccc(C2CCC(CNCC(O)c3ccc(O)cc3CO)O2)c(OC)c1. The zero-order chi connectivity index (χ0) is 20.8. The maximum Gasteiger partial charge on any atom is 0.128 e. The predicted molar refractivity (Wildman–Crippen MR) is 108 cm³/mol. The van der Waals surface area contributed by atoms with Crippen LogP contribution in [0.2, 0.25) is 0 Å². The van der Waals surface area contributed by atoms with Crippen LogP contribution in [0.5, 0.6) is 17.2 Å². The molecule has 1 fully saturated rings. The molecule has 1 heterocycles. The third kappa shape index (κ3) is 5.19. The summed E-state index contributed by atoms with van der Waals surface area (Å²) in [4.78, 5) is 0. The molecule has 1 aliphatic rings. The van der Waals surface area contributed by atoms with Gasteiger partial charge in [0.2, 0.25) is 0 Å². The predicted octanol–water partition coefficient (Wildman–Crippen LogP) is 2.45. The van der Waals surface area contributed by atoms with Gasteiger partial charge in [0.1, 0.15) is 17.2 Å². The highest BCUT2D eigenvalue weighted by Crippen LogP contribution is 2.38. The molecule has 0 saturated carbocycles. The standard InChI is InChI=1S/C22H29NO6/c1-27-16-4-7-19(22(10-16)28-2)21-8-5-17(29-21)11-23-12-20(26)18-6-3-15(25)9-14(18)13-24/h3-4,6-7,9-10,17,20-21,23-26H,5,8,11-13H2,1-2H3. The molecule has 2 aromatic rings. The smallest absolute Gasteiger partial charge is 0.128 e. The number of hydrogen-bond donors (Lipinski definition) is 4. The largest absolute Gasteiger partial charge is 0.508 e. The van der Waals surface area contributed by atoms with Crippen LogP contribution in [0.3, 0.4) is 0 Å². The first-order valence-electron chi connectivity index (χ1n) is 9.74. The molecular weight excluding hydrogens is 374 g/mol. The molecule has 7 heteroatoms. The van der Waals surface area contributed by atoms with E-state index in [0.29, 0.717) is 24.2 Å². The van der Waals surface area contributed by atoms with Gasteiger partial charge in [0.05, 0.1) is 39.1 Å². The molecule has 0 amide bonds. The quantitative estimate of drug-likeness (QED) is 0.510. The van der Waals surface area contributed by atoms with E-state index in [1.807, 2.05) is 18.2 Å². The molecule has 1 saturated heterocycles. The molecule has 0 bridgehead atoms. The van der Waals surface area contributed by atoms with Gasteiger partial charge in [-0.3, -0.25) is 0 Å². The number of aliphatic hydroxyl groups excluding tert-OH is 2. The Balaban J connectivity index is 1.52. The first-order chi connectivity index (χ1) is 14.0. The van der Waals surface area contributed by atoms with Crippen LogP contribution >= 0.6 is 0 Å². The van der Waals surface area contributed by atoms with Gasteiger partial charge in [-0.15, -0.1) is 0 Å². The van der Waals surface area contributed by atoms with Crippen molar-refractivity contribution in [3.8, 4) is 17.2 Å². The van der Waals surface area contributed by atoms with Gasteiger partial charge >= 0.3 is 0 Å². The second kappa shape index (κ2) is 9.93. The molecule has 158 valence electrons. The normalized spacial score (nSPS) is 19.9. The fourth-order valence-corrected chi connectivity index (χ4v) is 3.71. The second-order valence-electron chi connectivity index (χ2n) is 7.15. The fourth-order valence-electron chi connectivity index (χ4n) is 3.71. The summed E-state index contributed by atoms with van der Waals surface area (Å²) in [7, 11) is 3.26. The van der Waals surface area contributed by atoms with E-state index in [9.17, 15) is 15.3 Å². The highest BCUT2D eigenvalue weighted by Gasteiger charge is 2.28. The topological polar surface area (TPSA) is 100 Å². The summed E-state index contributed by atoms with van der Waals surface area (Å²) in [6.07, 6.45) is 1.02. The zero-order valence-corrected chi connectivity index (χ0v) is 16.8. The van der Waals surface area contributed by atoms with Crippen molar-refractivity contribution in [1.82, 2.24) is 5.32 Å². The lowest BCUT2D eigenvalue weighted by Crippen LogP contribution is -2.30. The van der Waals surface area contributed by atoms with E-state index in [4.69, 9.17) is 14.2 Å². The monoisotopic (exact) mass is 403 g/mol. The number of methoxy groups -OCH3 is 2. The molecular formula is C22H29NO6. The number of aromatic hydroxyl groups is 1. The number of aliphatic hydroxyl groups is 2. The van der Waals surface area contributed by atoms with E-state index in [1.165, 1.54) is 12.1 Å². The van der Waals surface area contributed by atoms with Gasteiger partial charge in [-0.05, 0) is 48.2 Å². The minimum Gasteiger partial charge on any atom is -0.508 e. The number of nitrogens with one attached hydrogen (secondary N) is 1. The third-order valence-electron chi connectivity index (χ3n) is 5.26. The van der Waals surface area contributed by atoms with Crippen molar-refractivity contribution < 1.29 is 29.5 Å². The summed E-state index contributed by atoms with van der Waals surface area (Å²) < 4.78 is 16.9. The van der Waals surface area contributed by atoms with Gasteiger partial charge in [0.25, 0.3) is 0 Å². The van der Waals surface area contributed by atoms with Crippen LogP contribution in [0.15, 0.2) is 36.4 Å². The summed E-state index contributed by atoms with van der Waals surface area (Å²) in [6, 6.07) is 10.3. The summed E-state index contributed by atoms with van der Waals surface area (Å²) in [5.74, 6) is 1.56. The number of phenolic OH excluding ortho intramolecular Hbond substituents is 1. The molecule has 0 aromatic heterocycles. The van der Waals surface area contributed by atoms with Crippen LogP contribution < -0.4 is 14.8 Å². The molecule has 0 spiro atoms. The Labute approximate surface area is 170 Å². The van der Waals surface area contributed by atoms with Crippen molar-refractivity contribution in [3.63, 3.8) is 0 Å². The second-order valence-corrected chi connectivity index (χ2v) is 7.15. The Hall–Kier alpha value is -2.32. The highest BCUT2D eigenvalue weighted by molar-refractivity contribution is 5.42. The van der Waals surface area contributed by atoms with Gasteiger partial charge in [0.15, 0.2) is 0 Å². The number of hydrogen-bond acceptors (Lipinski definition) is 7. The maximum absolute atomic E-state index is 10.4. The average Bonchev–Trinajstić information content (AvgIpc) is 3.21. The molecule has 3 atom stereocenters. The van der Waals surface area contributed by atoms with Gasteiger partial charge in [0, 0.05) is 24.7 Å². The Morgan fingerprint density at radius 3 is 2.69 bits per heavy atom. The number of phenols is 1. The zero-order valence-electron chi connectivity index (χ0n) is 16.8. The molecule has 3 unspecified atom stereocenters. The van der Waals surface area contributed by atoms with Crippen molar-refractivity contribution in [2.75, 3.05) is 27.3 Å². The van der Waals surface area contributed by atoms with Crippen molar-refractivity contribution in [2.45, 2.75) is 37.8 Å². The Bertz CT molecular complexity index is 812. The van der Waals surface area contributed by atoms with Crippen LogP contribution in [-0.2, 0) is 11.3 Å². The number of ether oxygens (including phenoxy) is 3. The van der Waals surface area contributed by atoms with Gasteiger partial charge < -0.3 is 34.8 Å². The van der Waals surface area contributed by atoms with Crippen molar-refractivity contribution in [2.24, 2.45) is 0 Å². The summed E-state index contributed by atoms with van der Waals surface area (Å²) >= 11 is 0. The molecule has 29 heavy (non-hydrogen) atoms. The number of benzene rings is 2. The van der Waals surface area contributed by atoms with E-state index in [1.54, 1.807) is 20.3 Å². The van der Waals surface area contributed by atoms with Crippen LogP contribution in [0.25, 0.3) is 0 Å². The minimum absolute atomic E-state index is 0.0364. The van der Waals surface area contributed by atoms with E-state index in [0.717, 1.165) is 29.9 Å². The molecule has 2 aromatic carbocycles. The van der Waals surface area contributed by atoms with E-state index >= 15 is 0 Å². The minimum atomic E-state index is -0.781. The summed E-state index contributed by atoms with van der Waals surface area (Å²) in [5.41, 5.74) is 2.13. The lowest BCUT2D eigenvalue weighted by atomic mass is 10.0. The van der Waals surface area contributed by atoms with Crippen molar-refractivity contribution >= 4 is 0 Å². The lowest BCUT2D eigenvalue weighted by Gasteiger charge is -2.19. The Morgan fingerprint density at radius 2 is 1.97 bits per heavy atom. The first kappa shape index (κ1) is 21.4. The van der Waals surface area contributed by atoms with E-state index < -0.39 is 6.10 Å². The van der Waals surface area contributed by atoms with Gasteiger partial charge in [-0.1, -0.05) is 6.07 Å². The number of rotatable bonds is 9. The van der Waals surface area contributed by atoms with Crippen molar-refractivity contribution in [1.29, 1.82) is 0 Å². The lowest BCUT2D eigenvalue weighted by molar-refractivity contribution is 0.0415.